The van der Waals surface area contributed by atoms with Crippen LogP contribution in [0.3, 0.4) is 0 Å². The molecule has 6 nitrogen and oxygen atoms in total. The highest BCUT2D eigenvalue weighted by atomic mass is 16.4. The van der Waals surface area contributed by atoms with Crippen molar-refractivity contribution in [3.63, 3.8) is 0 Å². The lowest BCUT2D eigenvalue weighted by Gasteiger charge is -2.19. The fraction of sp³-hybridized carbons (Fsp3) is 0.182. The topological polar surface area (TPSA) is 94.4 Å². The Balaban J connectivity index is 1.59. The van der Waals surface area contributed by atoms with E-state index in [9.17, 15) is 10.0 Å². The molecule has 148 valence electrons. The van der Waals surface area contributed by atoms with Crippen molar-refractivity contribution in [1.82, 2.24) is 4.90 Å². The minimum atomic E-state index is -1.46. The summed E-state index contributed by atoms with van der Waals surface area (Å²) in [7, 11) is 0.537. The molecule has 3 rings (SSSR count). The van der Waals surface area contributed by atoms with E-state index >= 15 is 0 Å². The van der Waals surface area contributed by atoms with Crippen LogP contribution in [0.1, 0.15) is 16.7 Å². The second-order valence-electron chi connectivity index (χ2n) is 6.98. The summed E-state index contributed by atoms with van der Waals surface area (Å²) in [5, 5.41) is 27.5. The monoisotopic (exact) mass is 388 g/mol. The molecule has 3 aromatic rings. The molecular formula is C22H25BN4O2. The quantitative estimate of drug-likeness (QED) is 0.409. The van der Waals surface area contributed by atoms with Crippen LogP contribution in [0.5, 0.6) is 0 Å². The second-order valence-corrected chi connectivity index (χ2v) is 6.98. The van der Waals surface area contributed by atoms with Gasteiger partial charge in [-0.3, -0.25) is 4.90 Å². The first-order valence-electron chi connectivity index (χ1n) is 9.47. The molecule has 7 heteroatoms. The molecule has 0 amide bonds. The summed E-state index contributed by atoms with van der Waals surface area (Å²) in [5.41, 5.74) is 10.8. The molecule has 0 aliphatic rings. The van der Waals surface area contributed by atoms with Gasteiger partial charge in [0.15, 0.2) is 0 Å². The number of hydrogen-bond donors (Lipinski definition) is 3. The summed E-state index contributed by atoms with van der Waals surface area (Å²) in [5.74, 6) is 0. The van der Waals surface area contributed by atoms with Gasteiger partial charge in [0.1, 0.15) is 0 Å². The Morgan fingerprint density at radius 1 is 0.793 bits per heavy atom. The summed E-state index contributed by atoms with van der Waals surface area (Å²) in [4.78, 5) is 2.12. The molecule has 0 aliphatic heterocycles. The lowest BCUT2D eigenvalue weighted by molar-refractivity contribution is 0.319. The molecule has 0 bridgehead atoms. The highest BCUT2D eigenvalue weighted by molar-refractivity contribution is 6.59. The van der Waals surface area contributed by atoms with Gasteiger partial charge in [-0.2, -0.15) is 10.2 Å². The number of nitrogens with two attached hydrogens (primary N) is 1. The molecule has 0 saturated heterocycles. The molecule has 3 aromatic carbocycles. The summed E-state index contributed by atoms with van der Waals surface area (Å²) >= 11 is 0. The van der Waals surface area contributed by atoms with Crippen molar-refractivity contribution in [3.8, 4) is 0 Å². The fourth-order valence-corrected chi connectivity index (χ4v) is 3.07. The number of benzene rings is 3. The molecule has 0 fully saturated rings. The maximum absolute atomic E-state index is 9.51. The lowest BCUT2D eigenvalue weighted by atomic mass is 9.77. The lowest BCUT2D eigenvalue weighted by Crippen LogP contribution is -2.34. The van der Waals surface area contributed by atoms with Crippen LogP contribution in [-0.4, -0.2) is 29.1 Å². The Kier molecular flexibility index (Phi) is 7.27. The molecule has 0 aromatic heterocycles. The van der Waals surface area contributed by atoms with E-state index < -0.39 is 7.12 Å². The summed E-state index contributed by atoms with van der Waals surface area (Å²) in [6.45, 7) is 1.86. The third-order valence-electron chi connectivity index (χ3n) is 4.62. The van der Waals surface area contributed by atoms with E-state index in [1.807, 2.05) is 67.7 Å². The zero-order valence-corrected chi connectivity index (χ0v) is 16.4. The first-order valence-corrected chi connectivity index (χ1v) is 9.47. The number of nitrogens with zero attached hydrogens (tertiary/aromatic N) is 3. The maximum atomic E-state index is 9.51. The highest BCUT2D eigenvalue weighted by Crippen LogP contribution is 2.20. The van der Waals surface area contributed by atoms with Crippen LogP contribution < -0.4 is 11.2 Å². The third-order valence-corrected chi connectivity index (χ3v) is 4.62. The van der Waals surface area contributed by atoms with Gasteiger partial charge in [0.2, 0.25) is 0 Å². The largest absolute Gasteiger partial charge is 0.488 e. The van der Waals surface area contributed by atoms with E-state index in [2.05, 4.69) is 15.1 Å². The average molecular weight is 388 g/mol. The van der Waals surface area contributed by atoms with Crippen LogP contribution in [0.4, 0.5) is 11.4 Å². The van der Waals surface area contributed by atoms with Crippen molar-refractivity contribution < 1.29 is 10.0 Å². The maximum Gasteiger partial charge on any atom is 0.488 e. The van der Waals surface area contributed by atoms with Crippen LogP contribution in [-0.2, 0) is 19.6 Å². The standard InChI is InChI=1S/C22H25BN4O2/c1-27(16-19-4-2-3-5-22(19)23(28)29)15-18-8-12-21(13-9-18)26-25-20-10-6-17(14-24)7-11-20/h2-13,28-29H,14-16,24H2,1H3/b26-25+. The first-order chi connectivity index (χ1) is 14.0. The van der Waals surface area contributed by atoms with E-state index in [1.165, 1.54) is 0 Å². The van der Waals surface area contributed by atoms with Crippen molar-refractivity contribution in [2.24, 2.45) is 16.0 Å². The molecular weight excluding hydrogens is 363 g/mol. The van der Waals surface area contributed by atoms with E-state index in [0.29, 0.717) is 18.6 Å². The Morgan fingerprint density at radius 3 is 1.90 bits per heavy atom. The van der Waals surface area contributed by atoms with E-state index in [0.717, 1.165) is 34.6 Å². The van der Waals surface area contributed by atoms with Gasteiger partial charge in [-0.25, -0.2) is 0 Å². The van der Waals surface area contributed by atoms with Crippen LogP contribution in [0.15, 0.2) is 83.0 Å². The van der Waals surface area contributed by atoms with Crippen LogP contribution >= 0.6 is 0 Å². The Bertz CT molecular complexity index is 944. The van der Waals surface area contributed by atoms with Crippen LogP contribution in [0, 0.1) is 0 Å². The van der Waals surface area contributed by atoms with Gasteiger partial charge in [0, 0.05) is 19.6 Å². The fourth-order valence-electron chi connectivity index (χ4n) is 3.07. The van der Waals surface area contributed by atoms with E-state index in [4.69, 9.17) is 5.73 Å². The van der Waals surface area contributed by atoms with Crippen LogP contribution in [0.2, 0.25) is 0 Å². The smallest absolute Gasteiger partial charge is 0.423 e. The summed E-state index contributed by atoms with van der Waals surface area (Å²) in [6.07, 6.45) is 0. The minimum absolute atomic E-state index is 0.513. The summed E-state index contributed by atoms with van der Waals surface area (Å²) in [6, 6.07) is 23.0. The molecule has 0 spiro atoms. The molecule has 0 saturated carbocycles. The number of rotatable bonds is 8. The molecule has 29 heavy (non-hydrogen) atoms. The van der Waals surface area contributed by atoms with Crippen molar-refractivity contribution in [3.05, 3.63) is 89.5 Å². The Hall–Kier alpha value is -2.84. The Morgan fingerprint density at radius 2 is 1.34 bits per heavy atom. The molecule has 0 heterocycles. The number of azo groups is 1. The zero-order chi connectivity index (χ0) is 20.6. The molecule has 4 N–H and O–H groups in total. The van der Waals surface area contributed by atoms with E-state index in [-0.39, 0.29) is 0 Å². The van der Waals surface area contributed by atoms with Crippen molar-refractivity contribution >= 4 is 24.0 Å². The normalized spacial score (nSPS) is 11.3. The minimum Gasteiger partial charge on any atom is -0.423 e. The second kappa shape index (κ2) is 10.1. The SMILES string of the molecule is CN(Cc1ccc(/N=N/c2ccc(CN)cc2)cc1)Cc1ccccc1B(O)O. The van der Waals surface area contributed by atoms with Gasteiger partial charge in [-0.05, 0) is 53.5 Å². The average Bonchev–Trinajstić information content (AvgIpc) is 2.74. The van der Waals surface area contributed by atoms with Crippen LogP contribution in [0.25, 0.3) is 0 Å². The summed E-state index contributed by atoms with van der Waals surface area (Å²) < 4.78 is 0. The van der Waals surface area contributed by atoms with E-state index in [1.54, 1.807) is 12.1 Å². The third kappa shape index (κ3) is 6.07. The van der Waals surface area contributed by atoms with Gasteiger partial charge in [-0.1, -0.05) is 48.5 Å². The molecule has 0 atom stereocenters. The van der Waals surface area contributed by atoms with Crippen molar-refractivity contribution in [1.29, 1.82) is 0 Å². The number of hydrogen-bond acceptors (Lipinski definition) is 6. The van der Waals surface area contributed by atoms with Crippen molar-refractivity contribution in [2.75, 3.05) is 7.05 Å². The first kappa shape index (κ1) is 20.9. The highest BCUT2D eigenvalue weighted by Gasteiger charge is 2.16. The van der Waals surface area contributed by atoms with Crippen molar-refractivity contribution in [2.45, 2.75) is 19.6 Å². The van der Waals surface area contributed by atoms with Gasteiger partial charge < -0.3 is 15.8 Å². The van der Waals surface area contributed by atoms with Gasteiger partial charge in [0.25, 0.3) is 0 Å². The zero-order valence-electron chi connectivity index (χ0n) is 16.4. The van der Waals surface area contributed by atoms with Gasteiger partial charge >= 0.3 is 7.12 Å². The van der Waals surface area contributed by atoms with Gasteiger partial charge in [0.05, 0.1) is 11.4 Å². The van der Waals surface area contributed by atoms with Gasteiger partial charge in [-0.15, -0.1) is 0 Å². The Labute approximate surface area is 171 Å². The predicted octanol–water partition coefficient (Wildman–Crippen LogP) is 2.87. The predicted molar refractivity (Wildman–Crippen MR) is 116 cm³/mol. The molecule has 0 aliphatic carbocycles. The molecule has 0 radical (unpaired) electrons. The molecule has 0 unspecified atom stereocenters.